The molecule has 0 bridgehead atoms. The van der Waals surface area contributed by atoms with Gasteiger partial charge in [0.15, 0.2) is 0 Å². The quantitative estimate of drug-likeness (QED) is 0.592. The molecule has 0 atom stereocenters. The first-order chi connectivity index (χ1) is 14.1. The molecule has 30 heavy (non-hydrogen) atoms. The first-order valence-corrected chi connectivity index (χ1v) is 9.21. The van der Waals surface area contributed by atoms with Gasteiger partial charge in [0, 0.05) is 19.0 Å². The van der Waals surface area contributed by atoms with Crippen LogP contribution < -0.4 is 16.0 Å². The van der Waals surface area contributed by atoms with E-state index in [1.54, 1.807) is 32.9 Å². The number of hydrogen-bond acceptors (Lipinski definition) is 5. The van der Waals surface area contributed by atoms with E-state index in [0.29, 0.717) is 5.76 Å². The fraction of sp³-hybridized carbons (Fsp3) is 0.286. The molecule has 160 valence electrons. The fourth-order valence-electron chi connectivity index (χ4n) is 2.26. The van der Waals surface area contributed by atoms with Gasteiger partial charge < -0.3 is 19.8 Å². The van der Waals surface area contributed by atoms with E-state index in [1.165, 1.54) is 24.5 Å². The maximum atomic E-state index is 13.6. The SMILES string of the molecule is CC(C)(C)OC(=O)Nc1ccc(F)cc1NC(=O)CCNC(=O)/C=C/c1ccco1. The summed E-state index contributed by atoms with van der Waals surface area (Å²) in [4.78, 5) is 35.8. The zero-order valence-corrected chi connectivity index (χ0v) is 17.0. The van der Waals surface area contributed by atoms with Crippen molar-refractivity contribution in [3.05, 3.63) is 54.2 Å². The maximum Gasteiger partial charge on any atom is 0.412 e. The molecular formula is C21H24FN3O5. The molecule has 1 heterocycles. The van der Waals surface area contributed by atoms with Gasteiger partial charge in [0.05, 0.1) is 17.6 Å². The molecule has 1 aromatic heterocycles. The third-order valence-electron chi connectivity index (χ3n) is 3.48. The van der Waals surface area contributed by atoms with E-state index in [2.05, 4.69) is 16.0 Å². The molecule has 0 saturated heterocycles. The Morgan fingerprint density at radius 2 is 1.90 bits per heavy atom. The second-order valence-corrected chi connectivity index (χ2v) is 7.25. The highest BCUT2D eigenvalue weighted by Gasteiger charge is 2.18. The van der Waals surface area contributed by atoms with Gasteiger partial charge in [-0.05, 0) is 57.2 Å². The van der Waals surface area contributed by atoms with Gasteiger partial charge in [-0.3, -0.25) is 14.9 Å². The Morgan fingerprint density at radius 3 is 2.57 bits per heavy atom. The summed E-state index contributed by atoms with van der Waals surface area (Å²) in [5.41, 5.74) is -0.448. The third kappa shape index (κ3) is 8.17. The van der Waals surface area contributed by atoms with Crippen LogP contribution >= 0.6 is 0 Å². The van der Waals surface area contributed by atoms with Crippen molar-refractivity contribution < 1.29 is 27.9 Å². The molecule has 0 aliphatic rings. The monoisotopic (exact) mass is 417 g/mol. The Balaban J connectivity index is 1.87. The van der Waals surface area contributed by atoms with Crippen molar-refractivity contribution in [3.8, 4) is 0 Å². The van der Waals surface area contributed by atoms with E-state index in [1.807, 2.05) is 0 Å². The summed E-state index contributed by atoms with van der Waals surface area (Å²) in [6.07, 6.45) is 3.48. The van der Waals surface area contributed by atoms with Gasteiger partial charge in [0.1, 0.15) is 17.2 Å². The van der Waals surface area contributed by atoms with Crippen LogP contribution in [0.25, 0.3) is 6.08 Å². The number of halogens is 1. The van der Waals surface area contributed by atoms with E-state index < -0.39 is 29.3 Å². The Hall–Kier alpha value is -3.62. The molecule has 3 amide bonds. The zero-order chi connectivity index (χ0) is 22.1. The summed E-state index contributed by atoms with van der Waals surface area (Å²) in [6.45, 7) is 5.19. The Kier molecular flexibility index (Phi) is 7.74. The van der Waals surface area contributed by atoms with Crippen molar-refractivity contribution in [2.24, 2.45) is 0 Å². The molecule has 0 fully saturated rings. The summed E-state index contributed by atoms with van der Waals surface area (Å²) in [5.74, 6) is -0.921. The molecule has 0 aliphatic carbocycles. The van der Waals surface area contributed by atoms with Crippen molar-refractivity contribution in [3.63, 3.8) is 0 Å². The van der Waals surface area contributed by atoms with E-state index in [-0.39, 0.29) is 24.3 Å². The van der Waals surface area contributed by atoms with Gasteiger partial charge in [0.2, 0.25) is 11.8 Å². The van der Waals surface area contributed by atoms with Gasteiger partial charge >= 0.3 is 6.09 Å². The molecule has 0 spiro atoms. The number of carbonyl (C=O) groups excluding carboxylic acids is 3. The summed E-state index contributed by atoms with van der Waals surface area (Å²) < 4.78 is 23.8. The predicted molar refractivity (Wildman–Crippen MR) is 110 cm³/mol. The Labute approximate surface area is 173 Å². The minimum absolute atomic E-state index is 0.0529. The summed E-state index contributed by atoms with van der Waals surface area (Å²) in [6, 6.07) is 6.93. The average molecular weight is 417 g/mol. The van der Waals surface area contributed by atoms with Crippen LogP contribution in [0.15, 0.2) is 47.1 Å². The number of carbonyl (C=O) groups is 3. The number of amides is 3. The first-order valence-electron chi connectivity index (χ1n) is 9.21. The Bertz CT molecular complexity index is 917. The van der Waals surface area contributed by atoms with Gasteiger partial charge in [0.25, 0.3) is 0 Å². The molecule has 3 N–H and O–H groups in total. The highest BCUT2D eigenvalue weighted by Crippen LogP contribution is 2.24. The molecule has 2 rings (SSSR count). The lowest BCUT2D eigenvalue weighted by Gasteiger charge is -2.20. The van der Waals surface area contributed by atoms with Gasteiger partial charge in [-0.15, -0.1) is 0 Å². The van der Waals surface area contributed by atoms with Crippen LogP contribution in [0.3, 0.4) is 0 Å². The van der Waals surface area contributed by atoms with E-state index >= 15 is 0 Å². The van der Waals surface area contributed by atoms with Gasteiger partial charge in [-0.1, -0.05) is 0 Å². The lowest BCUT2D eigenvalue weighted by Crippen LogP contribution is -2.28. The lowest BCUT2D eigenvalue weighted by molar-refractivity contribution is -0.117. The van der Waals surface area contributed by atoms with E-state index in [9.17, 15) is 18.8 Å². The van der Waals surface area contributed by atoms with Crippen molar-refractivity contribution in [1.29, 1.82) is 0 Å². The predicted octanol–water partition coefficient (Wildman–Crippen LogP) is 3.92. The van der Waals surface area contributed by atoms with Crippen LogP contribution in [-0.2, 0) is 14.3 Å². The van der Waals surface area contributed by atoms with Crippen LogP contribution in [0, 0.1) is 5.82 Å². The molecule has 0 unspecified atom stereocenters. The minimum atomic E-state index is -0.736. The van der Waals surface area contributed by atoms with Crippen molar-refractivity contribution >= 4 is 35.4 Å². The fourth-order valence-corrected chi connectivity index (χ4v) is 2.26. The van der Waals surface area contributed by atoms with E-state index in [0.717, 1.165) is 12.1 Å². The van der Waals surface area contributed by atoms with Crippen molar-refractivity contribution in [1.82, 2.24) is 5.32 Å². The molecule has 0 aliphatic heterocycles. The van der Waals surface area contributed by atoms with Crippen LogP contribution in [0.1, 0.15) is 33.0 Å². The molecule has 2 aromatic rings. The molecule has 8 nitrogen and oxygen atoms in total. The summed E-state index contributed by atoms with van der Waals surface area (Å²) in [5, 5.41) is 7.54. The smallest absolute Gasteiger partial charge is 0.412 e. The van der Waals surface area contributed by atoms with Crippen LogP contribution in [0.5, 0.6) is 0 Å². The second kappa shape index (κ2) is 10.2. The van der Waals surface area contributed by atoms with Gasteiger partial charge in [-0.2, -0.15) is 0 Å². The van der Waals surface area contributed by atoms with Crippen LogP contribution in [0.2, 0.25) is 0 Å². The van der Waals surface area contributed by atoms with E-state index in [4.69, 9.17) is 9.15 Å². The standard InChI is InChI=1S/C21H24FN3O5/c1-21(2,3)30-20(28)25-16-8-6-14(22)13-17(16)24-19(27)10-11-23-18(26)9-7-15-5-4-12-29-15/h4-9,12-13H,10-11H2,1-3H3,(H,23,26)(H,24,27)(H,25,28)/b9-7+. The first kappa shape index (κ1) is 22.7. The molecule has 1 aromatic carbocycles. The van der Waals surface area contributed by atoms with Crippen molar-refractivity contribution in [2.45, 2.75) is 32.8 Å². The van der Waals surface area contributed by atoms with Crippen molar-refractivity contribution in [2.75, 3.05) is 17.2 Å². The largest absolute Gasteiger partial charge is 0.465 e. The maximum absolute atomic E-state index is 13.6. The highest BCUT2D eigenvalue weighted by atomic mass is 19.1. The summed E-state index contributed by atoms with van der Waals surface area (Å²) >= 11 is 0. The number of nitrogens with one attached hydrogen (secondary N) is 3. The minimum Gasteiger partial charge on any atom is -0.465 e. The molecule has 0 saturated carbocycles. The van der Waals surface area contributed by atoms with Gasteiger partial charge in [-0.25, -0.2) is 9.18 Å². The molecule has 0 radical (unpaired) electrons. The molecular weight excluding hydrogens is 393 g/mol. The number of benzene rings is 1. The topological polar surface area (TPSA) is 110 Å². The highest BCUT2D eigenvalue weighted by molar-refractivity contribution is 5.98. The number of furan rings is 1. The second-order valence-electron chi connectivity index (χ2n) is 7.25. The average Bonchev–Trinajstić information content (AvgIpc) is 3.14. The zero-order valence-electron chi connectivity index (χ0n) is 17.0. The number of ether oxygens (including phenoxy) is 1. The summed E-state index contributed by atoms with van der Waals surface area (Å²) in [7, 11) is 0. The number of anilines is 2. The number of rotatable bonds is 7. The lowest BCUT2D eigenvalue weighted by atomic mass is 10.2. The number of hydrogen-bond donors (Lipinski definition) is 3. The van der Waals surface area contributed by atoms with Crippen LogP contribution in [0.4, 0.5) is 20.6 Å². The third-order valence-corrected chi connectivity index (χ3v) is 3.48. The molecule has 9 heteroatoms. The normalized spacial score (nSPS) is 11.2. The Morgan fingerprint density at radius 1 is 1.13 bits per heavy atom. The van der Waals surface area contributed by atoms with Crippen LogP contribution in [-0.4, -0.2) is 30.1 Å².